The number of carbonyl (C=O) groups excluding carboxylic acids is 4. The molecule has 0 aromatic heterocycles. The largest absolute Gasteiger partial charge is 0.466 e. The average Bonchev–Trinajstić information content (AvgIpc) is 3.96. The number of hydrogen-bond acceptors (Lipinski definition) is 8. The molecule has 55 heavy (non-hydrogen) atoms. The zero-order valence-corrected chi connectivity index (χ0v) is 32.3. The summed E-state index contributed by atoms with van der Waals surface area (Å²) in [7, 11) is -2.56. The molecule has 3 aliphatic rings. The lowest BCUT2D eigenvalue weighted by atomic mass is 9.90. The van der Waals surface area contributed by atoms with Gasteiger partial charge in [0.1, 0.15) is 0 Å². The molecule has 0 atom stereocenters. The Bertz CT molecular complexity index is 2080. The number of allylic oxidation sites excluding steroid dienone is 1. The topological polar surface area (TPSA) is 148 Å². The molecule has 0 unspecified atom stereocenters. The van der Waals surface area contributed by atoms with Crippen molar-refractivity contribution in [2.75, 3.05) is 25.6 Å². The number of sulfonamides is 1. The van der Waals surface area contributed by atoms with Gasteiger partial charge in [-0.15, -0.1) is 0 Å². The number of nitrogens with one attached hydrogen (secondary N) is 2. The van der Waals surface area contributed by atoms with Crippen molar-refractivity contribution in [3.63, 3.8) is 0 Å². The highest BCUT2D eigenvalue weighted by Gasteiger charge is 2.38. The molecule has 0 saturated heterocycles. The van der Waals surface area contributed by atoms with Crippen molar-refractivity contribution < 1.29 is 37.1 Å². The van der Waals surface area contributed by atoms with E-state index in [1.165, 1.54) is 23.5 Å². The molecule has 0 aliphatic heterocycles. The standard InChI is InChI=1S/C43H49N3O8S/c1-3-54-39(47)15-8-26-46(35-24-25-35)55(51,52)36-13-7-12-33(27-36)41(48)45-38-28-32-11-4-5-14-37(32)40(38)42(49)44-34-22-18-30(19-23-34)10-6-9-29-16-20-31(21-17-29)43(50)53-2/h7,12-13,16-23,27,35H,3-6,8-11,14-15,24-26,28H2,1-2H3,(H,44,49)(H,45,48). The molecule has 0 spiro atoms. The lowest BCUT2D eigenvalue weighted by Gasteiger charge is -2.22. The summed E-state index contributed by atoms with van der Waals surface area (Å²) >= 11 is 0. The molecule has 290 valence electrons. The molecule has 0 heterocycles. The third-order valence-corrected chi connectivity index (χ3v) is 12.3. The van der Waals surface area contributed by atoms with Crippen LogP contribution in [-0.2, 0) is 41.9 Å². The van der Waals surface area contributed by atoms with Gasteiger partial charge in [0.2, 0.25) is 10.0 Å². The van der Waals surface area contributed by atoms with E-state index in [0.717, 1.165) is 80.1 Å². The first kappa shape index (κ1) is 39.6. The number of nitrogens with zero attached hydrogens (tertiary/aromatic N) is 1. The normalized spacial score (nSPS) is 15.5. The molecule has 3 aromatic rings. The van der Waals surface area contributed by atoms with Gasteiger partial charge in [0.25, 0.3) is 11.8 Å². The van der Waals surface area contributed by atoms with Crippen molar-refractivity contribution in [1.29, 1.82) is 0 Å². The van der Waals surface area contributed by atoms with E-state index in [0.29, 0.717) is 35.4 Å². The maximum atomic E-state index is 13.9. The molecule has 2 N–H and O–H groups in total. The fourth-order valence-corrected chi connectivity index (χ4v) is 9.09. The van der Waals surface area contributed by atoms with Crippen LogP contribution >= 0.6 is 0 Å². The Morgan fingerprint density at radius 1 is 0.818 bits per heavy atom. The average molecular weight is 768 g/mol. The number of esters is 2. The summed E-state index contributed by atoms with van der Waals surface area (Å²) in [5.41, 5.74) is 6.76. The molecular formula is C43H49N3O8S. The van der Waals surface area contributed by atoms with E-state index in [1.54, 1.807) is 31.2 Å². The number of benzene rings is 3. The smallest absolute Gasteiger partial charge is 0.337 e. The molecule has 1 fully saturated rings. The lowest BCUT2D eigenvalue weighted by molar-refractivity contribution is -0.143. The highest BCUT2D eigenvalue weighted by Crippen LogP contribution is 2.41. The number of hydrogen-bond donors (Lipinski definition) is 2. The number of methoxy groups -OCH3 is 1. The molecule has 3 aliphatic carbocycles. The summed E-state index contributed by atoms with van der Waals surface area (Å²) < 4.78 is 38.8. The Hall–Kier alpha value is -5.07. The van der Waals surface area contributed by atoms with Gasteiger partial charge >= 0.3 is 11.9 Å². The number of aryl methyl sites for hydroxylation is 2. The summed E-state index contributed by atoms with van der Waals surface area (Å²) in [5.74, 6) is -1.48. The van der Waals surface area contributed by atoms with Gasteiger partial charge in [-0.2, -0.15) is 4.31 Å². The second-order valence-electron chi connectivity index (χ2n) is 14.3. The van der Waals surface area contributed by atoms with E-state index < -0.39 is 15.9 Å². The summed E-state index contributed by atoms with van der Waals surface area (Å²) in [6.45, 7) is 2.19. The molecule has 6 rings (SSSR count). The molecular weight excluding hydrogens is 719 g/mol. The van der Waals surface area contributed by atoms with Crippen LogP contribution in [0.2, 0.25) is 0 Å². The quantitative estimate of drug-likeness (QED) is 0.139. The van der Waals surface area contributed by atoms with Crippen LogP contribution in [0.4, 0.5) is 5.69 Å². The predicted molar refractivity (Wildman–Crippen MR) is 209 cm³/mol. The zero-order valence-electron chi connectivity index (χ0n) is 31.5. The second kappa shape index (κ2) is 18.0. The first-order chi connectivity index (χ1) is 26.6. The summed E-state index contributed by atoms with van der Waals surface area (Å²) in [6.07, 6.45) is 8.63. The minimum Gasteiger partial charge on any atom is -0.466 e. The fraction of sp³-hybridized carbons (Fsp3) is 0.395. The fourth-order valence-electron chi connectivity index (χ4n) is 7.32. The van der Waals surface area contributed by atoms with E-state index >= 15 is 0 Å². The maximum absolute atomic E-state index is 13.9. The highest BCUT2D eigenvalue weighted by atomic mass is 32.2. The first-order valence-corrected chi connectivity index (χ1v) is 20.6. The van der Waals surface area contributed by atoms with Crippen LogP contribution in [0.15, 0.2) is 100 Å². The van der Waals surface area contributed by atoms with Gasteiger partial charge in [-0.25, -0.2) is 13.2 Å². The highest BCUT2D eigenvalue weighted by molar-refractivity contribution is 7.89. The van der Waals surface area contributed by atoms with E-state index in [2.05, 4.69) is 10.6 Å². The van der Waals surface area contributed by atoms with Gasteiger partial charge in [0, 0.05) is 42.4 Å². The van der Waals surface area contributed by atoms with Crippen molar-refractivity contribution in [3.05, 3.63) is 117 Å². The Balaban J connectivity index is 1.10. The Morgan fingerprint density at radius 2 is 1.51 bits per heavy atom. The van der Waals surface area contributed by atoms with Crippen LogP contribution in [-0.4, -0.2) is 62.8 Å². The summed E-state index contributed by atoms with van der Waals surface area (Å²) in [5, 5.41) is 6.03. The first-order valence-electron chi connectivity index (χ1n) is 19.2. The van der Waals surface area contributed by atoms with Crippen LogP contribution in [0.5, 0.6) is 0 Å². The minimum absolute atomic E-state index is 0.0108. The van der Waals surface area contributed by atoms with E-state index in [-0.39, 0.29) is 53.9 Å². The van der Waals surface area contributed by atoms with Crippen LogP contribution in [0, 0.1) is 0 Å². The van der Waals surface area contributed by atoms with Crippen molar-refractivity contribution in [3.8, 4) is 0 Å². The van der Waals surface area contributed by atoms with Crippen molar-refractivity contribution in [1.82, 2.24) is 9.62 Å². The van der Waals surface area contributed by atoms with Gasteiger partial charge in [0.15, 0.2) is 0 Å². The second-order valence-corrected chi connectivity index (χ2v) is 16.1. The van der Waals surface area contributed by atoms with Crippen LogP contribution in [0.1, 0.15) is 103 Å². The minimum atomic E-state index is -3.93. The number of ether oxygens (including phenoxy) is 2. The van der Waals surface area contributed by atoms with Crippen LogP contribution in [0.25, 0.3) is 0 Å². The summed E-state index contributed by atoms with van der Waals surface area (Å²) in [6, 6.07) is 21.1. The summed E-state index contributed by atoms with van der Waals surface area (Å²) in [4.78, 5) is 51.2. The van der Waals surface area contributed by atoms with Crippen molar-refractivity contribution in [2.24, 2.45) is 0 Å². The predicted octanol–water partition coefficient (Wildman–Crippen LogP) is 7.04. The SMILES string of the molecule is CCOC(=O)CCCN(C1CC1)S(=O)(=O)c1cccc(C(=O)NC2=C(C(=O)Nc3ccc(CCCc4ccc(C(=O)OC)cc4)cc3)C3=C(CCCC3)C2)c1. The van der Waals surface area contributed by atoms with E-state index in [1.807, 2.05) is 36.4 Å². The van der Waals surface area contributed by atoms with Crippen molar-refractivity contribution >= 4 is 39.5 Å². The van der Waals surface area contributed by atoms with Crippen LogP contribution < -0.4 is 10.6 Å². The van der Waals surface area contributed by atoms with Crippen LogP contribution in [0.3, 0.4) is 0 Å². The molecule has 1 saturated carbocycles. The van der Waals surface area contributed by atoms with E-state index in [9.17, 15) is 27.6 Å². The molecule has 0 bridgehead atoms. The number of rotatable bonds is 17. The Labute approximate surface area is 323 Å². The van der Waals surface area contributed by atoms with Gasteiger partial charge in [0.05, 0.1) is 29.7 Å². The Kier molecular flexibility index (Phi) is 13.0. The molecule has 11 nitrogen and oxygen atoms in total. The molecule has 0 radical (unpaired) electrons. The molecule has 12 heteroatoms. The van der Waals surface area contributed by atoms with Gasteiger partial charge in [-0.3, -0.25) is 14.4 Å². The number of carbonyl (C=O) groups is 4. The van der Waals surface area contributed by atoms with E-state index in [4.69, 9.17) is 9.47 Å². The number of amides is 2. The maximum Gasteiger partial charge on any atom is 0.337 e. The van der Waals surface area contributed by atoms with Gasteiger partial charge < -0.3 is 20.1 Å². The van der Waals surface area contributed by atoms with Gasteiger partial charge in [-0.1, -0.05) is 35.9 Å². The zero-order chi connectivity index (χ0) is 39.0. The molecule has 3 aromatic carbocycles. The lowest BCUT2D eigenvalue weighted by Crippen LogP contribution is -2.34. The third kappa shape index (κ3) is 9.98. The monoisotopic (exact) mass is 767 g/mol. The third-order valence-electron chi connectivity index (χ3n) is 10.3. The Morgan fingerprint density at radius 3 is 2.18 bits per heavy atom. The molecule has 2 amide bonds. The van der Waals surface area contributed by atoms with Crippen molar-refractivity contribution in [2.45, 2.75) is 94.9 Å². The number of anilines is 1. The van der Waals surface area contributed by atoms with Gasteiger partial charge in [-0.05, 0) is 130 Å².